The van der Waals surface area contributed by atoms with Gasteiger partial charge in [-0.1, -0.05) is 6.92 Å². The number of hydrogen-bond acceptors (Lipinski definition) is 4. The van der Waals surface area contributed by atoms with Crippen molar-refractivity contribution in [2.75, 3.05) is 26.9 Å². The van der Waals surface area contributed by atoms with E-state index in [0.717, 1.165) is 36.6 Å². The molecule has 2 heterocycles. The third-order valence-electron chi connectivity index (χ3n) is 4.44. The van der Waals surface area contributed by atoms with E-state index in [1.54, 1.807) is 7.11 Å². The van der Waals surface area contributed by atoms with Gasteiger partial charge in [0.15, 0.2) is 11.5 Å². The van der Waals surface area contributed by atoms with Gasteiger partial charge < -0.3 is 19.5 Å². The highest BCUT2D eigenvalue weighted by atomic mass is 16.6. The van der Waals surface area contributed by atoms with Crippen LogP contribution in [0.3, 0.4) is 0 Å². The highest BCUT2D eigenvalue weighted by Gasteiger charge is 2.32. The molecule has 2 aliphatic heterocycles. The van der Waals surface area contributed by atoms with E-state index in [1.807, 2.05) is 0 Å². The van der Waals surface area contributed by atoms with Crippen molar-refractivity contribution in [2.45, 2.75) is 38.1 Å². The van der Waals surface area contributed by atoms with Crippen LogP contribution in [0.25, 0.3) is 0 Å². The molecule has 4 nitrogen and oxygen atoms in total. The van der Waals surface area contributed by atoms with Crippen molar-refractivity contribution in [1.82, 2.24) is 5.32 Å². The van der Waals surface area contributed by atoms with Gasteiger partial charge in [0.2, 0.25) is 5.75 Å². The third-order valence-corrected chi connectivity index (χ3v) is 4.44. The lowest BCUT2D eigenvalue weighted by Gasteiger charge is -2.29. The Morgan fingerprint density at radius 1 is 1.30 bits per heavy atom. The molecular formula is C16H23NO3. The van der Waals surface area contributed by atoms with Crippen molar-refractivity contribution in [1.29, 1.82) is 0 Å². The maximum atomic E-state index is 5.71. The SMILES string of the molecule is CCC1(Cc2cc(OC)c3c(c2)OCCO3)CCCN1. The molecular weight excluding hydrogens is 254 g/mol. The average Bonchev–Trinajstić information content (AvgIpc) is 2.95. The summed E-state index contributed by atoms with van der Waals surface area (Å²) in [6.07, 6.45) is 4.65. The molecule has 1 fully saturated rings. The normalized spacial score (nSPS) is 24.7. The summed E-state index contributed by atoms with van der Waals surface area (Å²) in [4.78, 5) is 0. The van der Waals surface area contributed by atoms with E-state index in [9.17, 15) is 0 Å². The second-order valence-electron chi connectivity index (χ2n) is 5.66. The van der Waals surface area contributed by atoms with Crippen LogP contribution < -0.4 is 19.5 Å². The quantitative estimate of drug-likeness (QED) is 0.918. The van der Waals surface area contributed by atoms with Crippen molar-refractivity contribution in [3.63, 3.8) is 0 Å². The fourth-order valence-electron chi connectivity index (χ4n) is 3.27. The third kappa shape index (κ3) is 2.44. The monoisotopic (exact) mass is 277 g/mol. The lowest BCUT2D eigenvalue weighted by molar-refractivity contribution is 0.164. The van der Waals surface area contributed by atoms with Gasteiger partial charge in [-0.3, -0.25) is 0 Å². The Labute approximate surface area is 120 Å². The molecule has 0 amide bonds. The maximum Gasteiger partial charge on any atom is 0.203 e. The Kier molecular flexibility index (Phi) is 3.74. The minimum absolute atomic E-state index is 0.231. The summed E-state index contributed by atoms with van der Waals surface area (Å²) in [5, 5.41) is 3.67. The fraction of sp³-hybridized carbons (Fsp3) is 0.625. The largest absolute Gasteiger partial charge is 0.493 e. The molecule has 110 valence electrons. The number of ether oxygens (including phenoxy) is 3. The summed E-state index contributed by atoms with van der Waals surface area (Å²) in [6, 6.07) is 4.19. The molecule has 2 aliphatic rings. The van der Waals surface area contributed by atoms with Crippen LogP contribution in [0.4, 0.5) is 0 Å². The lowest BCUT2D eigenvalue weighted by Crippen LogP contribution is -2.41. The van der Waals surface area contributed by atoms with Crippen molar-refractivity contribution in [3.8, 4) is 17.2 Å². The molecule has 0 radical (unpaired) electrons. The predicted molar refractivity (Wildman–Crippen MR) is 77.9 cm³/mol. The minimum Gasteiger partial charge on any atom is -0.493 e. The summed E-state index contributed by atoms with van der Waals surface area (Å²) in [6.45, 7) is 4.57. The van der Waals surface area contributed by atoms with Crippen LogP contribution in [0, 0.1) is 0 Å². The number of fused-ring (bicyclic) bond motifs is 1. The summed E-state index contributed by atoms with van der Waals surface area (Å²) < 4.78 is 16.8. The number of hydrogen-bond donors (Lipinski definition) is 1. The molecule has 0 aliphatic carbocycles. The molecule has 1 unspecified atom stereocenters. The van der Waals surface area contributed by atoms with Crippen molar-refractivity contribution in [2.24, 2.45) is 0 Å². The maximum absolute atomic E-state index is 5.71. The number of rotatable bonds is 4. The average molecular weight is 277 g/mol. The van der Waals surface area contributed by atoms with Crippen LogP contribution in [0.2, 0.25) is 0 Å². The molecule has 0 saturated carbocycles. The Morgan fingerprint density at radius 3 is 2.85 bits per heavy atom. The Bertz CT molecular complexity index is 464. The standard InChI is InChI=1S/C16H23NO3/c1-3-16(5-4-6-17-16)11-12-9-13(18-2)15-14(10-12)19-7-8-20-15/h9-10,17H,3-8,11H2,1-2H3. The van der Waals surface area contributed by atoms with Gasteiger partial charge in [0.1, 0.15) is 13.2 Å². The number of nitrogens with one attached hydrogen (secondary N) is 1. The molecule has 3 rings (SSSR count). The molecule has 0 aromatic heterocycles. The van der Waals surface area contributed by atoms with Crippen LogP contribution in [-0.4, -0.2) is 32.4 Å². The molecule has 1 aromatic carbocycles. The first-order valence-electron chi connectivity index (χ1n) is 7.48. The van der Waals surface area contributed by atoms with Gasteiger partial charge in [-0.15, -0.1) is 0 Å². The van der Waals surface area contributed by atoms with Crippen LogP contribution in [-0.2, 0) is 6.42 Å². The zero-order valence-corrected chi connectivity index (χ0v) is 12.3. The van der Waals surface area contributed by atoms with Gasteiger partial charge in [0, 0.05) is 5.54 Å². The summed E-state index contributed by atoms with van der Waals surface area (Å²) in [5.74, 6) is 2.34. The van der Waals surface area contributed by atoms with Gasteiger partial charge in [0.25, 0.3) is 0 Å². The molecule has 4 heteroatoms. The first-order chi connectivity index (χ1) is 9.76. The Morgan fingerprint density at radius 2 is 2.15 bits per heavy atom. The number of benzene rings is 1. The number of methoxy groups -OCH3 is 1. The van der Waals surface area contributed by atoms with E-state index in [0.29, 0.717) is 13.2 Å². The fourth-order valence-corrected chi connectivity index (χ4v) is 3.27. The van der Waals surface area contributed by atoms with E-state index in [1.165, 1.54) is 18.4 Å². The van der Waals surface area contributed by atoms with E-state index < -0.39 is 0 Å². The zero-order chi connectivity index (χ0) is 14.0. The van der Waals surface area contributed by atoms with Crippen molar-refractivity contribution < 1.29 is 14.2 Å². The predicted octanol–water partition coefficient (Wildman–Crippen LogP) is 2.54. The van der Waals surface area contributed by atoms with Gasteiger partial charge in [-0.2, -0.15) is 0 Å². The van der Waals surface area contributed by atoms with Gasteiger partial charge >= 0.3 is 0 Å². The molecule has 1 atom stereocenters. The second-order valence-corrected chi connectivity index (χ2v) is 5.66. The van der Waals surface area contributed by atoms with E-state index in [-0.39, 0.29) is 5.54 Å². The van der Waals surface area contributed by atoms with Crippen LogP contribution >= 0.6 is 0 Å². The highest BCUT2D eigenvalue weighted by Crippen LogP contribution is 2.41. The van der Waals surface area contributed by atoms with E-state index in [2.05, 4.69) is 24.4 Å². The summed E-state index contributed by atoms with van der Waals surface area (Å²) in [7, 11) is 1.68. The van der Waals surface area contributed by atoms with Crippen molar-refractivity contribution in [3.05, 3.63) is 17.7 Å². The molecule has 20 heavy (non-hydrogen) atoms. The zero-order valence-electron chi connectivity index (χ0n) is 12.3. The van der Waals surface area contributed by atoms with Crippen LogP contribution in [0.5, 0.6) is 17.2 Å². The molecule has 0 bridgehead atoms. The Hall–Kier alpha value is -1.42. The highest BCUT2D eigenvalue weighted by molar-refractivity contribution is 5.54. The minimum atomic E-state index is 0.231. The lowest BCUT2D eigenvalue weighted by atomic mass is 9.86. The first-order valence-corrected chi connectivity index (χ1v) is 7.48. The Balaban J connectivity index is 1.90. The van der Waals surface area contributed by atoms with Gasteiger partial charge in [0.05, 0.1) is 7.11 Å². The summed E-state index contributed by atoms with van der Waals surface area (Å²) >= 11 is 0. The van der Waals surface area contributed by atoms with Crippen LogP contribution in [0.1, 0.15) is 31.7 Å². The molecule has 1 aromatic rings. The molecule has 1 N–H and O–H groups in total. The van der Waals surface area contributed by atoms with Crippen molar-refractivity contribution >= 4 is 0 Å². The smallest absolute Gasteiger partial charge is 0.203 e. The van der Waals surface area contributed by atoms with Gasteiger partial charge in [-0.05, 0) is 49.9 Å². The van der Waals surface area contributed by atoms with E-state index in [4.69, 9.17) is 14.2 Å². The second kappa shape index (κ2) is 5.52. The van der Waals surface area contributed by atoms with E-state index >= 15 is 0 Å². The first kappa shape index (κ1) is 13.6. The van der Waals surface area contributed by atoms with Gasteiger partial charge in [-0.25, -0.2) is 0 Å². The topological polar surface area (TPSA) is 39.7 Å². The molecule has 0 spiro atoms. The van der Waals surface area contributed by atoms with Crippen LogP contribution in [0.15, 0.2) is 12.1 Å². The summed E-state index contributed by atoms with van der Waals surface area (Å²) in [5.41, 5.74) is 1.48. The molecule has 1 saturated heterocycles.